The Hall–Kier alpha value is -3.18. The molecule has 1 aliphatic heterocycles. The number of nitrogens with zero attached hydrogens (tertiary/aromatic N) is 1. The molecular weight excluding hydrogens is 430 g/mol. The van der Waals surface area contributed by atoms with Crippen LogP contribution in [0.15, 0.2) is 79.1 Å². The average molecular weight is 480 g/mol. The molecule has 35 heavy (non-hydrogen) atoms. The molecule has 0 aromatic heterocycles. The van der Waals surface area contributed by atoms with Gasteiger partial charge in [0.15, 0.2) is 0 Å². The largest absolute Gasteiger partial charge is 0.398 e. The van der Waals surface area contributed by atoms with Crippen molar-refractivity contribution in [3.63, 3.8) is 0 Å². The van der Waals surface area contributed by atoms with Crippen molar-refractivity contribution in [3.05, 3.63) is 90.3 Å². The first kappa shape index (κ1) is 31.8. The van der Waals surface area contributed by atoms with Gasteiger partial charge in [0.25, 0.3) is 0 Å². The third kappa shape index (κ3) is 12.2. The molecule has 1 aliphatic rings. The lowest BCUT2D eigenvalue weighted by Gasteiger charge is -2.16. The summed E-state index contributed by atoms with van der Waals surface area (Å²) in [4.78, 5) is 2.53. The zero-order valence-electron chi connectivity index (χ0n) is 21.6. The summed E-state index contributed by atoms with van der Waals surface area (Å²) in [5, 5.41) is 6.65. The van der Waals surface area contributed by atoms with Gasteiger partial charge in [0.1, 0.15) is 5.82 Å². The molecule has 0 bridgehead atoms. The van der Waals surface area contributed by atoms with Crippen LogP contribution in [0.2, 0.25) is 0 Å². The van der Waals surface area contributed by atoms with Crippen molar-refractivity contribution in [1.29, 1.82) is 0 Å². The molecule has 0 amide bonds. The molecule has 3 rings (SSSR count). The number of nitrogens with two attached hydrogens (primary N) is 2. The molecule has 5 nitrogen and oxygen atoms in total. The van der Waals surface area contributed by atoms with Crippen LogP contribution >= 0.6 is 0 Å². The highest BCUT2D eigenvalue weighted by Crippen LogP contribution is 2.17. The van der Waals surface area contributed by atoms with Crippen LogP contribution in [0.1, 0.15) is 65.5 Å². The minimum atomic E-state index is 0. The van der Waals surface area contributed by atoms with Gasteiger partial charge in [-0.25, -0.2) is 0 Å². The van der Waals surface area contributed by atoms with Crippen LogP contribution in [0.3, 0.4) is 0 Å². The van der Waals surface area contributed by atoms with Gasteiger partial charge in [-0.1, -0.05) is 84.2 Å². The summed E-state index contributed by atoms with van der Waals surface area (Å²) in [6.07, 6.45) is 7.39. The van der Waals surface area contributed by atoms with Gasteiger partial charge in [0.05, 0.1) is 0 Å². The predicted molar refractivity (Wildman–Crippen MR) is 158 cm³/mol. The number of hydrogen-bond donors (Lipinski definition) is 4. The highest BCUT2D eigenvalue weighted by atomic mass is 15.1. The van der Waals surface area contributed by atoms with Crippen LogP contribution < -0.4 is 22.1 Å². The Morgan fingerprint density at radius 2 is 1.54 bits per heavy atom. The monoisotopic (exact) mass is 479 g/mol. The van der Waals surface area contributed by atoms with Gasteiger partial charge in [-0.15, -0.1) is 0 Å². The van der Waals surface area contributed by atoms with E-state index in [-0.39, 0.29) is 7.43 Å². The standard InChI is InChI=1S/C25H33N5.2C2H6.CH4/c1-20(28-15-8-18-30-16-5-6-17-30)22-11-7-12-23(19-22)29-25(27)14-13-24(26)21-9-3-2-4-10-21;2*1-2;/h2-4,7,9-14,19,28-29H,1,5-6,8,15-18,26-27H2;2*1-2H3;1H4/b24-13-,25-14+;;;. The maximum Gasteiger partial charge on any atom is 0.101 e. The van der Waals surface area contributed by atoms with Crippen molar-refractivity contribution in [1.82, 2.24) is 10.2 Å². The number of anilines is 1. The molecule has 0 atom stereocenters. The molecule has 5 heteroatoms. The van der Waals surface area contributed by atoms with E-state index in [0.29, 0.717) is 11.5 Å². The van der Waals surface area contributed by atoms with E-state index in [0.717, 1.165) is 42.0 Å². The summed E-state index contributed by atoms with van der Waals surface area (Å²) < 4.78 is 0. The van der Waals surface area contributed by atoms with Gasteiger partial charge in [-0.05, 0) is 74.3 Å². The molecule has 1 fully saturated rings. The van der Waals surface area contributed by atoms with Crippen LogP contribution in [0.5, 0.6) is 0 Å². The summed E-state index contributed by atoms with van der Waals surface area (Å²) >= 11 is 0. The second-order valence-corrected chi connectivity index (χ2v) is 7.62. The quantitative estimate of drug-likeness (QED) is 0.227. The van der Waals surface area contributed by atoms with Gasteiger partial charge in [-0.2, -0.15) is 0 Å². The topological polar surface area (TPSA) is 79.3 Å². The average Bonchev–Trinajstić information content (AvgIpc) is 3.42. The normalized spacial score (nSPS) is 13.4. The lowest BCUT2D eigenvalue weighted by Crippen LogP contribution is -2.24. The van der Waals surface area contributed by atoms with Gasteiger partial charge in [0.2, 0.25) is 0 Å². The lowest BCUT2D eigenvalue weighted by molar-refractivity contribution is 0.334. The Labute approximate surface area is 215 Å². The Bertz CT molecular complexity index is 881. The van der Waals surface area contributed by atoms with Crippen molar-refractivity contribution >= 4 is 17.1 Å². The minimum absolute atomic E-state index is 0. The molecule has 194 valence electrons. The number of likely N-dealkylation sites (tertiary alicyclic amines) is 1. The molecule has 0 unspecified atom stereocenters. The van der Waals surface area contributed by atoms with E-state index < -0.39 is 0 Å². The Balaban J connectivity index is 0.00000220. The molecule has 2 aromatic rings. The van der Waals surface area contributed by atoms with Crippen LogP contribution in [0.25, 0.3) is 11.4 Å². The first-order valence-electron chi connectivity index (χ1n) is 12.6. The second kappa shape index (κ2) is 19.2. The fourth-order valence-corrected chi connectivity index (χ4v) is 3.55. The SMILES string of the molecule is C.C=C(NCCCN1CCCC1)c1cccc(N/C(N)=C/C=C(\N)c2ccccc2)c1.CC.CC. The second-order valence-electron chi connectivity index (χ2n) is 7.62. The van der Waals surface area contributed by atoms with Gasteiger partial charge in [0, 0.05) is 23.6 Å². The molecule has 0 aliphatic carbocycles. The summed E-state index contributed by atoms with van der Waals surface area (Å²) in [6, 6.07) is 17.9. The first-order valence-corrected chi connectivity index (χ1v) is 12.6. The van der Waals surface area contributed by atoms with Crippen molar-refractivity contribution in [2.24, 2.45) is 11.5 Å². The maximum atomic E-state index is 6.12. The Morgan fingerprint density at radius 3 is 2.20 bits per heavy atom. The molecular formula is C30H49N5. The highest BCUT2D eigenvalue weighted by Gasteiger charge is 2.10. The number of rotatable bonds is 10. The van der Waals surface area contributed by atoms with E-state index >= 15 is 0 Å². The van der Waals surface area contributed by atoms with Crippen molar-refractivity contribution in [3.8, 4) is 0 Å². The van der Waals surface area contributed by atoms with Crippen molar-refractivity contribution in [2.75, 3.05) is 31.5 Å². The van der Waals surface area contributed by atoms with E-state index in [1.807, 2.05) is 88.4 Å². The maximum absolute atomic E-state index is 6.12. The van der Waals surface area contributed by atoms with E-state index in [4.69, 9.17) is 11.5 Å². The van der Waals surface area contributed by atoms with E-state index in [1.165, 1.54) is 25.9 Å². The summed E-state index contributed by atoms with van der Waals surface area (Å²) in [6.45, 7) is 16.8. The number of hydrogen-bond acceptors (Lipinski definition) is 5. The summed E-state index contributed by atoms with van der Waals surface area (Å²) in [5.74, 6) is 0.523. The fourth-order valence-electron chi connectivity index (χ4n) is 3.55. The number of allylic oxidation sites excluding steroid dienone is 2. The van der Waals surface area contributed by atoms with Crippen molar-refractivity contribution in [2.45, 2.75) is 54.4 Å². The highest BCUT2D eigenvalue weighted by molar-refractivity contribution is 5.67. The summed E-state index contributed by atoms with van der Waals surface area (Å²) in [7, 11) is 0. The molecule has 0 radical (unpaired) electrons. The predicted octanol–water partition coefficient (Wildman–Crippen LogP) is 6.63. The van der Waals surface area contributed by atoms with E-state index in [1.54, 1.807) is 6.08 Å². The fraction of sp³-hybridized carbons (Fsp3) is 0.400. The van der Waals surface area contributed by atoms with Gasteiger partial charge < -0.3 is 27.0 Å². The zero-order chi connectivity index (χ0) is 25.2. The third-order valence-corrected chi connectivity index (χ3v) is 5.24. The molecule has 6 N–H and O–H groups in total. The third-order valence-electron chi connectivity index (χ3n) is 5.24. The van der Waals surface area contributed by atoms with E-state index in [2.05, 4.69) is 22.1 Å². The summed E-state index contributed by atoms with van der Waals surface area (Å²) in [5.41, 5.74) is 16.8. The lowest BCUT2D eigenvalue weighted by atomic mass is 10.1. The zero-order valence-corrected chi connectivity index (χ0v) is 21.6. The smallest absolute Gasteiger partial charge is 0.101 e. The van der Waals surface area contributed by atoms with Gasteiger partial charge >= 0.3 is 0 Å². The van der Waals surface area contributed by atoms with Gasteiger partial charge in [-0.3, -0.25) is 0 Å². The molecule has 1 heterocycles. The molecule has 1 saturated heterocycles. The van der Waals surface area contributed by atoms with Crippen LogP contribution in [0, 0.1) is 0 Å². The van der Waals surface area contributed by atoms with E-state index in [9.17, 15) is 0 Å². The Morgan fingerprint density at radius 1 is 0.914 bits per heavy atom. The van der Waals surface area contributed by atoms with Crippen LogP contribution in [-0.4, -0.2) is 31.1 Å². The molecule has 0 spiro atoms. The van der Waals surface area contributed by atoms with Crippen LogP contribution in [0.4, 0.5) is 5.69 Å². The molecule has 2 aromatic carbocycles. The minimum Gasteiger partial charge on any atom is -0.398 e. The number of benzene rings is 2. The number of nitrogens with one attached hydrogen (secondary N) is 2. The molecule has 0 saturated carbocycles. The van der Waals surface area contributed by atoms with Crippen molar-refractivity contribution < 1.29 is 0 Å². The Kier molecular flexibility index (Phi) is 17.4. The van der Waals surface area contributed by atoms with Crippen LogP contribution in [-0.2, 0) is 0 Å². The first-order chi connectivity index (χ1) is 16.6.